The average Bonchev–Trinajstić information content (AvgIpc) is 4.20. The topological polar surface area (TPSA) is 274 Å². The summed E-state index contributed by atoms with van der Waals surface area (Å²) in [5.41, 5.74) is 14.6. The summed E-state index contributed by atoms with van der Waals surface area (Å²) in [6.45, 7) is 18.3. The largest absolute Gasteiger partial charge is 0.451 e. The van der Waals surface area contributed by atoms with E-state index in [2.05, 4.69) is 10.2 Å². The van der Waals surface area contributed by atoms with Crippen molar-refractivity contribution < 1.29 is 57.3 Å². The van der Waals surface area contributed by atoms with Crippen molar-refractivity contribution >= 4 is 59.1 Å². The monoisotopic (exact) mass is 1140 g/mol. The van der Waals surface area contributed by atoms with Crippen LogP contribution in [-0.2, 0) is 83.2 Å². The second kappa shape index (κ2) is 29.3. The fourth-order valence-corrected chi connectivity index (χ4v) is 9.78. The average molecular weight is 1140 g/mol. The third kappa shape index (κ3) is 18.1. The molecule has 0 spiro atoms. The molecule has 2 aromatic carbocycles. The van der Waals surface area contributed by atoms with E-state index in [1.54, 1.807) is 58.2 Å². The standard InChI is InChI=1S/C60H86N10O12/c1-35(2)27-45-57(75)79-39(9)53(71)65(11)48(30-38(7)8)60(78)82-50(32-42-17-21-44(22-18-42)34-70-26-24-52(62)64-70)56(74)68(14)46(28-36(3)4)58(76)80-40(10)54(72)66(12)47(29-37(5)6)59(77)81-49(55(73)67(45)13)31-41-15-19-43(20-16-41)33-69-25-23-51(61)63-69/h15-26,35-40,45-50H,27-34H2,1-14H3,(H2,61,63)(H2,62,64)/t39-,40-,45+,46+,47+,48+,49-,50-/m1/s1. The Morgan fingerprint density at radius 1 is 0.402 bits per heavy atom. The van der Waals surface area contributed by atoms with Crippen LogP contribution >= 0.6 is 0 Å². The molecule has 0 bridgehead atoms. The van der Waals surface area contributed by atoms with Gasteiger partial charge in [0.2, 0.25) is 0 Å². The predicted octanol–water partition coefficient (Wildman–Crippen LogP) is 5.32. The number of amides is 4. The summed E-state index contributed by atoms with van der Waals surface area (Å²) in [5, 5.41) is 8.50. The normalized spacial score (nSPS) is 23.0. The van der Waals surface area contributed by atoms with Crippen LogP contribution in [0, 0.1) is 23.7 Å². The lowest BCUT2D eigenvalue weighted by molar-refractivity contribution is -0.176. The smallest absolute Gasteiger partial charge is 0.329 e. The number of likely N-dealkylation sites (N-methyl/N-ethyl adjacent to an activating group) is 4. The first-order valence-electron chi connectivity index (χ1n) is 28.1. The highest BCUT2D eigenvalue weighted by molar-refractivity contribution is 5.94. The highest BCUT2D eigenvalue weighted by Gasteiger charge is 2.43. The van der Waals surface area contributed by atoms with Crippen LogP contribution in [0.5, 0.6) is 0 Å². The van der Waals surface area contributed by atoms with E-state index in [4.69, 9.17) is 30.4 Å². The zero-order chi connectivity index (χ0) is 60.9. The molecule has 1 aliphatic heterocycles. The Labute approximate surface area is 482 Å². The summed E-state index contributed by atoms with van der Waals surface area (Å²) in [6.07, 6.45) is -2.63. The van der Waals surface area contributed by atoms with E-state index in [9.17, 15) is 38.4 Å². The van der Waals surface area contributed by atoms with Crippen LogP contribution in [0.2, 0.25) is 0 Å². The fraction of sp³-hybridized carbons (Fsp3) is 0.567. The molecule has 22 heteroatoms. The molecular formula is C60H86N10O12. The summed E-state index contributed by atoms with van der Waals surface area (Å²) < 4.78 is 27.5. The maximum Gasteiger partial charge on any atom is 0.329 e. The number of aromatic nitrogens is 4. The number of cyclic esters (lactones) is 4. The maximum absolute atomic E-state index is 15.0. The summed E-state index contributed by atoms with van der Waals surface area (Å²) >= 11 is 0. The quantitative estimate of drug-likeness (QED) is 0.106. The van der Waals surface area contributed by atoms with Crippen LogP contribution in [-0.4, -0.2) is 163 Å². The van der Waals surface area contributed by atoms with Gasteiger partial charge < -0.3 is 50.0 Å². The van der Waals surface area contributed by atoms with Crippen molar-refractivity contribution in [2.45, 2.75) is 169 Å². The van der Waals surface area contributed by atoms with E-state index in [1.807, 2.05) is 79.7 Å². The van der Waals surface area contributed by atoms with E-state index in [0.29, 0.717) is 35.9 Å². The summed E-state index contributed by atoms with van der Waals surface area (Å²) in [5.74, 6) is -6.85. The first-order chi connectivity index (χ1) is 38.5. The molecule has 4 amide bonds. The molecule has 0 unspecified atom stereocenters. The number of anilines is 2. The molecule has 5 rings (SSSR count). The fourth-order valence-electron chi connectivity index (χ4n) is 9.78. The third-order valence-electron chi connectivity index (χ3n) is 14.4. The van der Waals surface area contributed by atoms with E-state index in [0.717, 1.165) is 30.7 Å². The zero-order valence-electron chi connectivity index (χ0n) is 50.1. The van der Waals surface area contributed by atoms with Crippen LogP contribution in [0.25, 0.3) is 0 Å². The van der Waals surface area contributed by atoms with Gasteiger partial charge in [-0.2, -0.15) is 10.2 Å². The Kier molecular flexibility index (Phi) is 23.2. The number of nitrogens with two attached hydrogens (primary N) is 2. The third-order valence-corrected chi connectivity index (χ3v) is 14.4. The Bertz CT molecular complexity index is 2620. The molecule has 4 aromatic rings. The number of benzene rings is 2. The number of carbonyl (C=O) groups is 8. The van der Waals surface area contributed by atoms with Crippen molar-refractivity contribution in [3.63, 3.8) is 0 Å². The van der Waals surface area contributed by atoms with Gasteiger partial charge in [-0.05, 0) is 97.6 Å². The Morgan fingerprint density at radius 3 is 0.915 bits per heavy atom. The van der Waals surface area contributed by atoms with Crippen LogP contribution in [0.15, 0.2) is 73.1 Å². The number of nitrogen functional groups attached to an aromatic ring is 2. The number of ether oxygens (including phenoxy) is 4. The highest BCUT2D eigenvalue weighted by Crippen LogP contribution is 2.25. The van der Waals surface area contributed by atoms with Crippen LogP contribution in [0.1, 0.15) is 117 Å². The molecule has 22 nitrogen and oxygen atoms in total. The van der Waals surface area contributed by atoms with Gasteiger partial charge in [0, 0.05) is 53.4 Å². The van der Waals surface area contributed by atoms with Gasteiger partial charge in [0.05, 0.1) is 13.1 Å². The number of rotatable bonds is 16. The van der Waals surface area contributed by atoms with E-state index in [-0.39, 0.29) is 62.2 Å². The molecule has 448 valence electrons. The van der Waals surface area contributed by atoms with Crippen LogP contribution in [0.3, 0.4) is 0 Å². The SMILES string of the molecule is CC(C)C[C@H]1C(=O)O[C@H](Cc2ccc(Cn3ccc(N)n3)cc2)C(=O)N(C)[C@@H](CC(C)C)C(=O)O[C@H](C)C(=O)N(C)[C@@H](CC(C)C)C(=O)O[C@H](Cc2ccc(Cn3ccc(N)n3)cc2)C(=O)N(C)[C@@H](CC(C)C)C(=O)O[C@H](C)C(=O)N1C. The Morgan fingerprint density at radius 2 is 0.659 bits per heavy atom. The molecule has 0 saturated carbocycles. The molecule has 4 N–H and O–H groups in total. The molecule has 1 fully saturated rings. The number of nitrogens with zero attached hydrogens (tertiary/aromatic N) is 8. The molecule has 0 radical (unpaired) electrons. The number of hydrogen-bond acceptors (Lipinski definition) is 16. The minimum Gasteiger partial charge on any atom is -0.451 e. The van der Waals surface area contributed by atoms with Gasteiger partial charge in [-0.1, -0.05) is 104 Å². The summed E-state index contributed by atoms with van der Waals surface area (Å²) in [6, 6.07) is 12.6. The molecule has 1 aliphatic rings. The number of hydrogen-bond donors (Lipinski definition) is 2. The van der Waals surface area contributed by atoms with Crippen molar-refractivity contribution in [2.75, 3.05) is 39.7 Å². The van der Waals surface area contributed by atoms with Crippen LogP contribution < -0.4 is 11.5 Å². The van der Waals surface area contributed by atoms with Gasteiger partial charge in [0.1, 0.15) is 35.8 Å². The van der Waals surface area contributed by atoms with Crippen molar-refractivity contribution in [3.8, 4) is 0 Å². The van der Waals surface area contributed by atoms with Crippen LogP contribution in [0.4, 0.5) is 11.6 Å². The van der Waals surface area contributed by atoms with E-state index >= 15 is 0 Å². The summed E-state index contributed by atoms with van der Waals surface area (Å²) in [7, 11) is 5.53. The highest BCUT2D eigenvalue weighted by atomic mass is 16.6. The van der Waals surface area contributed by atoms with Crippen molar-refractivity contribution in [1.29, 1.82) is 0 Å². The molecule has 3 heterocycles. The lowest BCUT2D eigenvalue weighted by Crippen LogP contribution is -2.55. The van der Waals surface area contributed by atoms with Crippen molar-refractivity contribution in [3.05, 3.63) is 95.3 Å². The van der Waals surface area contributed by atoms with Crippen molar-refractivity contribution in [1.82, 2.24) is 39.2 Å². The molecular weight excluding hydrogens is 1050 g/mol. The van der Waals surface area contributed by atoms with Gasteiger partial charge in [0.25, 0.3) is 23.6 Å². The molecule has 82 heavy (non-hydrogen) atoms. The number of esters is 4. The second-order valence-electron chi connectivity index (χ2n) is 23.3. The van der Waals surface area contributed by atoms with E-state index in [1.165, 1.54) is 42.0 Å². The van der Waals surface area contributed by atoms with Gasteiger partial charge >= 0.3 is 23.9 Å². The Hall–Kier alpha value is -7.78. The predicted molar refractivity (Wildman–Crippen MR) is 307 cm³/mol. The molecule has 1 saturated heterocycles. The first kappa shape index (κ1) is 65.0. The van der Waals surface area contributed by atoms with E-state index < -0.39 is 96.1 Å². The van der Waals surface area contributed by atoms with Gasteiger partial charge in [-0.15, -0.1) is 0 Å². The lowest BCUT2D eigenvalue weighted by atomic mass is 9.99. The minimum absolute atomic E-state index is 0.0708. The first-order valence-corrected chi connectivity index (χ1v) is 28.1. The second-order valence-corrected chi connectivity index (χ2v) is 23.3. The Balaban J connectivity index is 1.59. The molecule has 0 aliphatic carbocycles. The zero-order valence-corrected chi connectivity index (χ0v) is 50.1. The number of carbonyl (C=O) groups excluding carboxylic acids is 8. The van der Waals surface area contributed by atoms with Crippen molar-refractivity contribution in [2.24, 2.45) is 23.7 Å². The summed E-state index contributed by atoms with van der Waals surface area (Å²) in [4.78, 5) is 122. The molecule has 8 atom stereocenters. The van der Waals surface area contributed by atoms with Gasteiger partial charge in [-0.3, -0.25) is 28.5 Å². The van der Waals surface area contributed by atoms with Gasteiger partial charge in [-0.25, -0.2) is 19.2 Å². The maximum atomic E-state index is 15.0. The lowest BCUT2D eigenvalue weighted by Gasteiger charge is -2.35. The molecule has 2 aromatic heterocycles. The van der Waals surface area contributed by atoms with Gasteiger partial charge in [0.15, 0.2) is 24.4 Å². The minimum atomic E-state index is -1.55.